The van der Waals surface area contributed by atoms with Crippen molar-refractivity contribution in [2.75, 3.05) is 18.1 Å². The third kappa shape index (κ3) is 3.57. The van der Waals surface area contributed by atoms with E-state index in [1.807, 2.05) is 31.9 Å². The molecule has 0 saturated heterocycles. The van der Waals surface area contributed by atoms with Crippen LogP contribution in [0.3, 0.4) is 0 Å². The maximum Gasteiger partial charge on any atom is 0.278 e. The molecule has 3 aromatic heterocycles. The van der Waals surface area contributed by atoms with Gasteiger partial charge in [-0.1, -0.05) is 6.92 Å². The Bertz CT molecular complexity index is 1220. The molecule has 0 saturated carbocycles. The molecule has 166 valence electrons. The summed E-state index contributed by atoms with van der Waals surface area (Å²) in [7, 11) is 3.78. The van der Waals surface area contributed by atoms with Crippen LogP contribution in [-0.4, -0.2) is 49.4 Å². The van der Waals surface area contributed by atoms with Crippen LogP contribution in [0.5, 0.6) is 5.88 Å². The number of amidine groups is 1. The fourth-order valence-electron chi connectivity index (χ4n) is 4.46. The molecule has 5 heterocycles. The first kappa shape index (κ1) is 20.4. The van der Waals surface area contributed by atoms with Gasteiger partial charge in [-0.15, -0.1) is 0 Å². The first-order valence-corrected chi connectivity index (χ1v) is 10.9. The number of pyridine rings is 1. The summed E-state index contributed by atoms with van der Waals surface area (Å²) in [6.07, 6.45) is 6.15. The number of amides is 1. The average molecular weight is 434 g/mol. The number of fused-ring (bicyclic) bond motifs is 7. The summed E-state index contributed by atoms with van der Waals surface area (Å²) in [4.78, 5) is 24.6. The molecule has 2 aliphatic heterocycles. The number of aliphatic imine (C=N–C) groups is 1. The van der Waals surface area contributed by atoms with Crippen LogP contribution in [0.4, 0.5) is 5.82 Å². The minimum Gasteiger partial charge on any atom is -0.477 e. The maximum absolute atomic E-state index is 13.2. The van der Waals surface area contributed by atoms with Gasteiger partial charge in [-0.05, 0) is 37.8 Å². The number of nitrogens with zero attached hydrogens (tertiary/aromatic N) is 7. The van der Waals surface area contributed by atoms with E-state index in [1.54, 1.807) is 23.0 Å². The highest BCUT2D eigenvalue weighted by Crippen LogP contribution is 2.32. The molecule has 9 heteroatoms. The van der Waals surface area contributed by atoms with E-state index >= 15 is 0 Å². The van der Waals surface area contributed by atoms with Crippen molar-refractivity contribution in [2.45, 2.75) is 33.1 Å². The quantitative estimate of drug-likeness (QED) is 0.541. The van der Waals surface area contributed by atoms with Gasteiger partial charge in [0.15, 0.2) is 0 Å². The first-order chi connectivity index (χ1) is 15.4. The zero-order chi connectivity index (χ0) is 22.4. The molecule has 5 rings (SSSR count). The van der Waals surface area contributed by atoms with E-state index in [2.05, 4.69) is 32.0 Å². The smallest absolute Gasteiger partial charge is 0.278 e. The number of carbonyl (C=O) groups is 1. The first-order valence-electron chi connectivity index (χ1n) is 10.9. The second kappa shape index (κ2) is 7.89. The van der Waals surface area contributed by atoms with E-state index in [0.717, 1.165) is 47.9 Å². The highest BCUT2D eigenvalue weighted by atomic mass is 16.5. The molecule has 1 amide bonds. The monoisotopic (exact) mass is 433 g/mol. The molecule has 0 unspecified atom stereocenters. The van der Waals surface area contributed by atoms with Crippen molar-refractivity contribution in [3.8, 4) is 17.1 Å². The summed E-state index contributed by atoms with van der Waals surface area (Å²) in [5, 5.41) is 8.75. The Labute approximate surface area is 186 Å². The van der Waals surface area contributed by atoms with Crippen molar-refractivity contribution < 1.29 is 9.53 Å². The fourth-order valence-corrected chi connectivity index (χ4v) is 4.46. The normalized spacial score (nSPS) is 18.8. The number of anilines is 1. The number of aromatic nitrogens is 5. The highest BCUT2D eigenvalue weighted by molar-refractivity contribution is 6.12. The van der Waals surface area contributed by atoms with Gasteiger partial charge in [0.1, 0.15) is 11.7 Å². The predicted molar refractivity (Wildman–Crippen MR) is 121 cm³/mol. The molecule has 0 N–H and O–H groups in total. The lowest BCUT2D eigenvalue weighted by molar-refractivity contribution is 0.100. The summed E-state index contributed by atoms with van der Waals surface area (Å²) in [5.41, 5.74) is 3.79. The van der Waals surface area contributed by atoms with Crippen LogP contribution in [0.15, 0.2) is 29.5 Å². The lowest BCUT2D eigenvalue weighted by Gasteiger charge is -2.21. The van der Waals surface area contributed by atoms with Gasteiger partial charge in [-0.25, -0.2) is 4.68 Å². The second-order valence-corrected chi connectivity index (χ2v) is 8.71. The Morgan fingerprint density at radius 3 is 2.78 bits per heavy atom. The zero-order valence-electron chi connectivity index (χ0n) is 18.9. The van der Waals surface area contributed by atoms with Gasteiger partial charge in [0.05, 0.1) is 30.3 Å². The Morgan fingerprint density at radius 1 is 1.12 bits per heavy atom. The third-order valence-electron chi connectivity index (χ3n) is 6.07. The summed E-state index contributed by atoms with van der Waals surface area (Å²) < 4.78 is 9.76. The van der Waals surface area contributed by atoms with Crippen LogP contribution in [0, 0.1) is 12.8 Å². The maximum atomic E-state index is 13.2. The third-order valence-corrected chi connectivity index (χ3v) is 6.07. The van der Waals surface area contributed by atoms with Gasteiger partial charge >= 0.3 is 0 Å². The molecule has 0 spiro atoms. The molecule has 0 aliphatic carbocycles. The number of rotatable bonds is 0. The van der Waals surface area contributed by atoms with Crippen molar-refractivity contribution in [1.29, 1.82) is 0 Å². The zero-order valence-corrected chi connectivity index (χ0v) is 18.9. The van der Waals surface area contributed by atoms with Crippen LogP contribution >= 0.6 is 0 Å². The molecular formula is C23H27N7O2. The lowest BCUT2D eigenvalue weighted by Crippen LogP contribution is -2.31. The number of ether oxygens (including phenoxy) is 1. The minimum absolute atomic E-state index is 0.271. The number of carbonyl (C=O) groups excluding carboxylic acids is 1. The van der Waals surface area contributed by atoms with Crippen molar-refractivity contribution in [3.63, 3.8) is 0 Å². The van der Waals surface area contributed by atoms with Gasteiger partial charge in [-0.3, -0.25) is 14.5 Å². The van der Waals surface area contributed by atoms with E-state index in [9.17, 15) is 4.79 Å². The molecule has 0 fully saturated rings. The van der Waals surface area contributed by atoms with E-state index in [1.165, 1.54) is 0 Å². The van der Waals surface area contributed by atoms with Crippen molar-refractivity contribution in [1.82, 2.24) is 24.5 Å². The lowest BCUT2D eigenvalue weighted by atomic mass is 10.1. The van der Waals surface area contributed by atoms with Crippen molar-refractivity contribution >= 4 is 17.6 Å². The molecule has 2 bridgehead atoms. The highest BCUT2D eigenvalue weighted by Gasteiger charge is 2.30. The Balaban J connectivity index is 1.60. The number of aryl methyl sites for hydroxylation is 3. The molecule has 0 aromatic carbocycles. The van der Waals surface area contributed by atoms with Gasteiger partial charge in [0, 0.05) is 43.9 Å². The Morgan fingerprint density at radius 2 is 1.94 bits per heavy atom. The van der Waals surface area contributed by atoms with Gasteiger partial charge < -0.3 is 9.64 Å². The summed E-state index contributed by atoms with van der Waals surface area (Å²) in [6.45, 7) is 5.43. The Hall–Kier alpha value is -3.49. The molecule has 9 nitrogen and oxygen atoms in total. The second-order valence-electron chi connectivity index (χ2n) is 8.71. The number of hydrogen-bond acceptors (Lipinski definition) is 6. The van der Waals surface area contributed by atoms with Crippen molar-refractivity contribution in [2.24, 2.45) is 25.0 Å². The molecule has 2 aliphatic rings. The topological polar surface area (TPSA) is 90.4 Å². The van der Waals surface area contributed by atoms with Gasteiger partial charge in [-0.2, -0.15) is 15.2 Å². The van der Waals surface area contributed by atoms with E-state index in [4.69, 9.17) is 4.74 Å². The molecule has 3 aromatic rings. The predicted octanol–water partition coefficient (Wildman–Crippen LogP) is 2.93. The van der Waals surface area contributed by atoms with Crippen LogP contribution in [-0.2, 0) is 20.5 Å². The largest absolute Gasteiger partial charge is 0.477 e. The van der Waals surface area contributed by atoms with Gasteiger partial charge in [0.2, 0.25) is 5.88 Å². The van der Waals surface area contributed by atoms with Crippen LogP contribution in [0.2, 0.25) is 0 Å². The summed E-state index contributed by atoms with van der Waals surface area (Å²) in [6, 6.07) is 3.56. The molecule has 1 atom stereocenters. The Kier molecular flexibility index (Phi) is 5.03. The summed E-state index contributed by atoms with van der Waals surface area (Å²) in [5.74, 6) is 2.55. The standard InChI is InChI=1S/C23H27N7O2/c1-14-6-5-7-30-20(10-17-11-24-28(3)22(17)30)27-21(31)16-8-15(2)26-19(9-16)18-12-25-29(4)23(18)32-13-14/h8-9,11-12,14H,5-7,10,13H2,1-4H3/t14-/m0/s1. The SMILES string of the molecule is Cc1cc2cc(n1)-c1cnn(C)c1OC[C@@H](C)CCCN1C(=NC2=O)Cc2cnn(C)c21. The van der Waals surface area contributed by atoms with E-state index < -0.39 is 0 Å². The van der Waals surface area contributed by atoms with Crippen LogP contribution < -0.4 is 9.64 Å². The van der Waals surface area contributed by atoms with Gasteiger partial charge in [0.25, 0.3) is 5.91 Å². The molecule has 32 heavy (non-hydrogen) atoms. The van der Waals surface area contributed by atoms with Crippen LogP contribution in [0.25, 0.3) is 11.3 Å². The van der Waals surface area contributed by atoms with E-state index in [0.29, 0.717) is 36.1 Å². The molecule has 0 radical (unpaired) electrons. The fraction of sp³-hybridized carbons (Fsp3) is 0.435. The minimum atomic E-state index is -0.271. The number of hydrogen-bond donors (Lipinski definition) is 0. The summed E-state index contributed by atoms with van der Waals surface area (Å²) >= 11 is 0. The van der Waals surface area contributed by atoms with E-state index in [-0.39, 0.29) is 5.91 Å². The molecular weight excluding hydrogens is 406 g/mol. The van der Waals surface area contributed by atoms with Crippen LogP contribution in [0.1, 0.15) is 41.4 Å². The van der Waals surface area contributed by atoms with Crippen molar-refractivity contribution in [3.05, 3.63) is 41.3 Å². The average Bonchev–Trinajstić information content (AvgIpc) is 3.41.